The smallest absolute Gasteiger partial charge is 0.243 e. The molecule has 3 rings (SSSR count). The maximum absolute atomic E-state index is 13.8. The van der Waals surface area contributed by atoms with E-state index in [0.717, 1.165) is 22.3 Å². The van der Waals surface area contributed by atoms with Crippen LogP contribution in [0.25, 0.3) is 0 Å². The fourth-order valence-corrected chi connectivity index (χ4v) is 4.26. The van der Waals surface area contributed by atoms with Crippen molar-refractivity contribution in [2.45, 2.75) is 58.7 Å². The van der Waals surface area contributed by atoms with E-state index in [4.69, 9.17) is 23.2 Å². The van der Waals surface area contributed by atoms with E-state index >= 15 is 0 Å². The van der Waals surface area contributed by atoms with E-state index in [1.54, 1.807) is 23.1 Å². The maximum Gasteiger partial charge on any atom is 0.243 e. The minimum atomic E-state index is -0.688. The van der Waals surface area contributed by atoms with Gasteiger partial charge in [-0.1, -0.05) is 89.4 Å². The van der Waals surface area contributed by atoms with Crippen LogP contribution in [0.15, 0.2) is 72.8 Å². The number of nitrogens with one attached hydrogen (secondary N) is 1. The first-order valence-corrected chi connectivity index (χ1v) is 12.4. The topological polar surface area (TPSA) is 49.4 Å². The number of carbonyl (C=O) groups excluding carboxylic acids is 2. The van der Waals surface area contributed by atoms with Gasteiger partial charge in [-0.25, -0.2) is 0 Å². The molecule has 6 heteroatoms. The largest absolute Gasteiger partial charge is 0.350 e. The number of amides is 2. The van der Waals surface area contributed by atoms with Crippen molar-refractivity contribution in [3.8, 4) is 0 Å². The first kappa shape index (κ1) is 26.8. The Hall–Kier alpha value is -2.82. The minimum Gasteiger partial charge on any atom is -0.350 e. The van der Waals surface area contributed by atoms with Crippen LogP contribution >= 0.6 is 23.2 Å². The average molecular weight is 511 g/mol. The van der Waals surface area contributed by atoms with Gasteiger partial charge in [0.1, 0.15) is 6.04 Å². The summed E-state index contributed by atoms with van der Waals surface area (Å²) in [6.45, 7) is 8.14. The quantitative estimate of drug-likeness (QED) is 0.381. The van der Waals surface area contributed by atoms with E-state index < -0.39 is 11.6 Å². The van der Waals surface area contributed by atoms with Crippen molar-refractivity contribution in [1.29, 1.82) is 0 Å². The van der Waals surface area contributed by atoms with Crippen molar-refractivity contribution in [1.82, 2.24) is 10.2 Å². The molecule has 35 heavy (non-hydrogen) atoms. The molecule has 3 aromatic rings. The van der Waals surface area contributed by atoms with Crippen molar-refractivity contribution in [2.24, 2.45) is 0 Å². The fraction of sp³-hybridized carbons (Fsp3) is 0.310. The number of hydrogen-bond donors (Lipinski definition) is 1. The van der Waals surface area contributed by atoms with Gasteiger partial charge in [0, 0.05) is 18.5 Å². The Morgan fingerprint density at radius 2 is 1.54 bits per heavy atom. The molecule has 0 saturated carbocycles. The molecule has 0 bridgehead atoms. The lowest BCUT2D eigenvalue weighted by Crippen LogP contribution is -2.54. The van der Waals surface area contributed by atoms with Crippen LogP contribution in [0.4, 0.5) is 0 Å². The summed E-state index contributed by atoms with van der Waals surface area (Å²) < 4.78 is 0. The third kappa shape index (κ3) is 8.12. The Kier molecular flexibility index (Phi) is 8.98. The van der Waals surface area contributed by atoms with E-state index in [0.29, 0.717) is 23.0 Å². The predicted molar refractivity (Wildman–Crippen MR) is 144 cm³/mol. The molecule has 1 unspecified atom stereocenters. The molecule has 0 aliphatic rings. The lowest BCUT2D eigenvalue weighted by molar-refractivity contribution is -0.141. The second-order valence-corrected chi connectivity index (χ2v) is 10.7. The molecule has 0 aliphatic carbocycles. The SMILES string of the molecule is Cc1cccc(CN(C(=O)Cc2ccc(Cl)c(Cl)c2)C(Cc2ccccc2)C(=O)NC(C)(C)C)c1. The molecule has 184 valence electrons. The van der Waals surface area contributed by atoms with Crippen LogP contribution in [0.2, 0.25) is 10.0 Å². The molecule has 2 amide bonds. The van der Waals surface area contributed by atoms with Crippen molar-refractivity contribution in [2.75, 3.05) is 0 Å². The number of hydrogen-bond acceptors (Lipinski definition) is 2. The van der Waals surface area contributed by atoms with Crippen molar-refractivity contribution in [3.63, 3.8) is 0 Å². The number of rotatable bonds is 8. The molecule has 0 aliphatic heterocycles. The van der Waals surface area contributed by atoms with Crippen LogP contribution in [0.3, 0.4) is 0 Å². The molecule has 0 aromatic heterocycles. The highest BCUT2D eigenvalue weighted by atomic mass is 35.5. The normalized spacial score (nSPS) is 12.2. The minimum absolute atomic E-state index is 0.108. The highest BCUT2D eigenvalue weighted by Crippen LogP contribution is 2.24. The van der Waals surface area contributed by atoms with Crippen LogP contribution in [0.1, 0.15) is 43.0 Å². The average Bonchev–Trinajstić information content (AvgIpc) is 2.78. The van der Waals surface area contributed by atoms with Crippen LogP contribution in [0, 0.1) is 6.92 Å². The number of aryl methyl sites for hydroxylation is 1. The molecular weight excluding hydrogens is 479 g/mol. The van der Waals surface area contributed by atoms with Gasteiger partial charge in [0.15, 0.2) is 0 Å². The zero-order valence-corrected chi connectivity index (χ0v) is 22.2. The van der Waals surface area contributed by atoms with Crippen molar-refractivity contribution >= 4 is 35.0 Å². The molecule has 0 spiro atoms. The fourth-order valence-electron chi connectivity index (χ4n) is 3.94. The van der Waals surface area contributed by atoms with Gasteiger partial charge in [-0.3, -0.25) is 9.59 Å². The highest BCUT2D eigenvalue weighted by molar-refractivity contribution is 6.42. The third-order valence-corrected chi connectivity index (χ3v) is 6.28. The van der Waals surface area contributed by atoms with Crippen LogP contribution < -0.4 is 5.32 Å². The summed E-state index contributed by atoms with van der Waals surface area (Å²) in [6, 6.07) is 22.3. The summed E-state index contributed by atoms with van der Waals surface area (Å²) >= 11 is 12.3. The zero-order valence-electron chi connectivity index (χ0n) is 20.6. The molecule has 4 nitrogen and oxygen atoms in total. The third-order valence-electron chi connectivity index (χ3n) is 5.54. The Balaban J connectivity index is 2.00. The number of carbonyl (C=O) groups is 2. The molecule has 0 fully saturated rings. The van der Waals surface area contributed by atoms with E-state index in [2.05, 4.69) is 5.32 Å². The van der Waals surface area contributed by atoms with E-state index in [-0.39, 0.29) is 18.2 Å². The number of nitrogens with zero attached hydrogens (tertiary/aromatic N) is 1. The highest BCUT2D eigenvalue weighted by Gasteiger charge is 2.32. The second-order valence-electron chi connectivity index (χ2n) is 9.88. The van der Waals surface area contributed by atoms with Crippen LogP contribution in [0.5, 0.6) is 0 Å². The summed E-state index contributed by atoms with van der Waals surface area (Å²) in [6.07, 6.45) is 0.512. The summed E-state index contributed by atoms with van der Waals surface area (Å²) in [5.74, 6) is -0.341. The summed E-state index contributed by atoms with van der Waals surface area (Å²) in [5, 5.41) is 3.91. The number of benzene rings is 3. The standard InChI is InChI=1S/C29H32Cl2N2O2/c1-20-9-8-12-23(15-20)19-33(27(34)18-22-13-14-24(30)25(31)16-22)26(28(35)32-29(2,3)4)17-21-10-6-5-7-11-21/h5-16,26H,17-19H2,1-4H3,(H,32,35). The van der Waals surface area contributed by atoms with Gasteiger partial charge in [-0.05, 0) is 56.5 Å². The Bertz CT molecular complexity index is 1170. The molecule has 1 N–H and O–H groups in total. The Labute approximate surface area is 218 Å². The van der Waals surface area contributed by atoms with E-state index in [1.165, 1.54) is 0 Å². The molecule has 0 saturated heterocycles. The summed E-state index contributed by atoms with van der Waals surface area (Å²) in [7, 11) is 0. The second kappa shape index (κ2) is 11.7. The monoisotopic (exact) mass is 510 g/mol. The van der Waals surface area contributed by atoms with E-state index in [1.807, 2.05) is 82.3 Å². The predicted octanol–water partition coefficient (Wildman–Crippen LogP) is 6.40. The number of halogens is 2. The van der Waals surface area contributed by atoms with Gasteiger partial charge in [-0.15, -0.1) is 0 Å². The zero-order chi connectivity index (χ0) is 25.6. The molecule has 1 atom stereocenters. The van der Waals surface area contributed by atoms with Gasteiger partial charge in [0.2, 0.25) is 11.8 Å². The first-order valence-electron chi connectivity index (χ1n) is 11.7. The maximum atomic E-state index is 13.8. The van der Waals surface area contributed by atoms with Crippen LogP contribution in [-0.2, 0) is 29.0 Å². The van der Waals surface area contributed by atoms with Gasteiger partial charge in [0.05, 0.1) is 16.5 Å². The molecule has 3 aromatic carbocycles. The molecular formula is C29H32Cl2N2O2. The molecule has 0 heterocycles. The Morgan fingerprint density at radius 1 is 0.857 bits per heavy atom. The van der Waals surface area contributed by atoms with E-state index in [9.17, 15) is 9.59 Å². The Morgan fingerprint density at radius 3 is 2.17 bits per heavy atom. The van der Waals surface area contributed by atoms with Gasteiger partial charge < -0.3 is 10.2 Å². The lowest BCUT2D eigenvalue weighted by atomic mass is 9.99. The van der Waals surface area contributed by atoms with Gasteiger partial charge in [-0.2, -0.15) is 0 Å². The summed E-state index contributed by atoms with van der Waals surface area (Å²) in [4.78, 5) is 29.0. The first-order chi connectivity index (χ1) is 16.5. The summed E-state index contributed by atoms with van der Waals surface area (Å²) in [5.41, 5.74) is 3.35. The van der Waals surface area contributed by atoms with Crippen LogP contribution in [-0.4, -0.2) is 28.3 Å². The van der Waals surface area contributed by atoms with Gasteiger partial charge >= 0.3 is 0 Å². The van der Waals surface area contributed by atoms with Crippen molar-refractivity contribution < 1.29 is 9.59 Å². The lowest BCUT2D eigenvalue weighted by Gasteiger charge is -2.34. The molecule has 0 radical (unpaired) electrons. The van der Waals surface area contributed by atoms with Gasteiger partial charge in [0.25, 0.3) is 0 Å². The van der Waals surface area contributed by atoms with Crippen molar-refractivity contribution in [3.05, 3.63) is 105 Å².